The SMILES string of the molecule is CCNc1nc(C)c(C(=O)N[C@@H](CC)c2ccc(C)cn2)s1. The van der Waals surface area contributed by atoms with E-state index in [-0.39, 0.29) is 11.9 Å². The molecule has 2 aromatic heterocycles. The summed E-state index contributed by atoms with van der Waals surface area (Å²) in [6.45, 7) is 8.69. The highest BCUT2D eigenvalue weighted by molar-refractivity contribution is 7.17. The molecule has 0 saturated carbocycles. The van der Waals surface area contributed by atoms with E-state index in [0.29, 0.717) is 4.88 Å². The summed E-state index contributed by atoms with van der Waals surface area (Å²) in [6.07, 6.45) is 2.62. The van der Waals surface area contributed by atoms with Crippen LogP contribution in [0.15, 0.2) is 18.3 Å². The van der Waals surface area contributed by atoms with Crippen molar-refractivity contribution in [1.29, 1.82) is 0 Å². The van der Waals surface area contributed by atoms with Gasteiger partial charge in [-0.25, -0.2) is 4.98 Å². The second kappa shape index (κ2) is 7.35. The maximum Gasteiger partial charge on any atom is 0.263 e. The van der Waals surface area contributed by atoms with Crippen LogP contribution in [0, 0.1) is 13.8 Å². The van der Waals surface area contributed by atoms with Gasteiger partial charge < -0.3 is 10.6 Å². The molecule has 0 aromatic carbocycles. The Morgan fingerprint density at radius 3 is 2.68 bits per heavy atom. The number of nitrogens with one attached hydrogen (secondary N) is 2. The first-order valence-corrected chi connectivity index (χ1v) is 8.31. The summed E-state index contributed by atoms with van der Waals surface area (Å²) in [6, 6.07) is 3.89. The summed E-state index contributed by atoms with van der Waals surface area (Å²) in [5.74, 6) is -0.0895. The molecule has 2 heterocycles. The highest BCUT2D eigenvalue weighted by Crippen LogP contribution is 2.24. The summed E-state index contributed by atoms with van der Waals surface area (Å²) >= 11 is 1.39. The summed E-state index contributed by atoms with van der Waals surface area (Å²) in [5, 5.41) is 6.98. The smallest absolute Gasteiger partial charge is 0.263 e. The molecule has 0 aliphatic rings. The van der Waals surface area contributed by atoms with E-state index < -0.39 is 0 Å². The van der Waals surface area contributed by atoms with Crippen LogP contribution in [0.5, 0.6) is 0 Å². The van der Waals surface area contributed by atoms with Crippen molar-refractivity contribution < 1.29 is 4.79 Å². The van der Waals surface area contributed by atoms with Crippen LogP contribution in [-0.2, 0) is 0 Å². The predicted octanol–water partition coefficient (Wildman–Crippen LogP) is 3.47. The molecule has 0 spiro atoms. The van der Waals surface area contributed by atoms with Crippen LogP contribution in [0.4, 0.5) is 5.13 Å². The summed E-state index contributed by atoms with van der Waals surface area (Å²) < 4.78 is 0. The number of pyridine rings is 1. The number of hydrogen-bond acceptors (Lipinski definition) is 5. The zero-order valence-electron chi connectivity index (χ0n) is 13.4. The fourth-order valence-corrected chi connectivity index (χ4v) is 3.07. The van der Waals surface area contributed by atoms with Gasteiger partial charge in [0, 0.05) is 12.7 Å². The minimum atomic E-state index is -0.0895. The van der Waals surface area contributed by atoms with Crippen LogP contribution in [0.2, 0.25) is 0 Å². The van der Waals surface area contributed by atoms with E-state index in [0.717, 1.165) is 35.0 Å². The number of carbonyl (C=O) groups is 1. The molecule has 0 saturated heterocycles. The van der Waals surface area contributed by atoms with E-state index in [1.165, 1.54) is 11.3 Å². The monoisotopic (exact) mass is 318 g/mol. The molecule has 6 heteroatoms. The van der Waals surface area contributed by atoms with Gasteiger partial charge in [0.1, 0.15) is 4.88 Å². The Bertz CT molecular complexity index is 636. The van der Waals surface area contributed by atoms with Crippen molar-refractivity contribution in [2.24, 2.45) is 0 Å². The molecule has 0 aliphatic heterocycles. The molecule has 0 unspecified atom stereocenters. The number of nitrogens with zero attached hydrogens (tertiary/aromatic N) is 2. The predicted molar refractivity (Wildman–Crippen MR) is 90.5 cm³/mol. The van der Waals surface area contributed by atoms with Crippen molar-refractivity contribution in [3.05, 3.63) is 40.2 Å². The second-order valence-corrected chi connectivity index (χ2v) is 6.16. The number of aromatic nitrogens is 2. The zero-order valence-corrected chi connectivity index (χ0v) is 14.3. The Balaban J connectivity index is 2.13. The average Bonchev–Trinajstić information content (AvgIpc) is 2.87. The molecular weight excluding hydrogens is 296 g/mol. The maximum absolute atomic E-state index is 12.5. The van der Waals surface area contributed by atoms with Crippen LogP contribution < -0.4 is 10.6 Å². The van der Waals surface area contributed by atoms with E-state index in [4.69, 9.17) is 0 Å². The highest BCUT2D eigenvalue weighted by Gasteiger charge is 2.19. The first-order valence-electron chi connectivity index (χ1n) is 7.49. The van der Waals surface area contributed by atoms with Crippen LogP contribution in [0.3, 0.4) is 0 Å². The Morgan fingerprint density at radius 2 is 2.09 bits per heavy atom. The number of anilines is 1. The van der Waals surface area contributed by atoms with E-state index >= 15 is 0 Å². The van der Waals surface area contributed by atoms with Crippen LogP contribution in [-0.4, -0.2) is 22.4 Å². The highest BCUT2D eigenvalue weighted by atomic mass is 32.1. The average molecular weight is 318 g/mol. The number of rotatable bonds is 6. The molecule has 0 fully saturated rings. The third kappa shape index (κ3) is 3.82. The lowest BCUT2D eigenvalue weighted by atomic mass is 10.1. The maximum atomic E-state index is 12.5. The Kier molecular flexibility index (Phi) is 5.49. The Labute approximate surface area is 135 Å². The van der Waals surface area contributed by atoms with Crippen molar-refractivity contribution >= 4 is 22.4 Å². The Morgan fingerprint density at radius 1 is 1.32 bits per heavy atom. The topological polar surface area (TPSA) is 66.9 Å². The Hall–Kier alpha value is -1.95. The molecule has 2 aromatic rings. The van der Waals surface area contributed by atoms with Crippen molar-refractivity contribution in [2.45, 2.75) is 40.2 Å². The minimum absolute atomic E-state index is 0.0859. The second-order valence-electron chi connectivity index (χ2n) is 5.16. The third-order valence-electron chi connectivity index (χ3n) is 3.34. The lowest BCUT2D eigenvalue weighted by Gasteiger charge is -2.16. The molecule has 0 radical (unpaired) electrons. The van der Waals surface area contributed by atoms with Gasteiger partial charge in [-0.1, -0.05) is 24.3 Å². The van der Waals surface area contributed by atoms with Crippen LogP contribution in [0.1, 0.15) is 52.9 Å². The number of amides is 1. The first kappa shape index (κ1) is 16.4. The van der Waals surface area contributed by atoms with Crippen LogP contribution in [0.25, 0.3) is 0 Å². The summed E-state index contributed by atoms with van der Waals surface area (Å²) in [7, 11) is 0. The molecule has 5 nitrogen and oxygen atoms in total. The third-order valence-corrected chi connectivity index (χ3v) is 4.45. The first-order chi connectivity index (χ1) is 10.5. The lowest BCUT2D eigenvalue weighted by Crippen LogP contribution is -2.28. The van der Waals surface area contributed by atoms with E-state index in [1.807, 2.05) is 46.0 Å². The van der Waals surface area contributed by atoms with Crippen molar-refractivity contribution in [3.63, 3.8) is 0 Å². The van der Waals surface area contributed by atoms with Crippen molar-refractivity contribution in [2.75, 3.05) is 11.9 Å². The van der Waals surface area contributed by atoms with Gasteiger partial charge in [0.05, 0.1) is 17.4 Å². The molecule has 2 rings (SSSR count). The zero-order chi connectivity index (χ0) is 16.1. The van der Waals surface area contributed by atoms with E-state index in [2.05, 4.69) is 20.6 Å². The van der Waals surface area contributed by atoms with Crippen LogP contribution >= 0.6 is 11.3 Å². The van der Waals surface area contributed by atoms with Crippen molar-refractivity contribution in [1.82, 2.24) is 15.3 Å². The molecule has 1 atom stereocenters. The number of hydrogen-bond donors (Lipinski definition) is 2. The molecule has 0 aliphatic carbocycles. The van der Waals surface area contributed by atoms with E-state index in [1.54, 1.807) is 0 Å². The molecule has 1 amide bonds. The molecule has 0 bridgehead atoms. The number of thiazole rings is 1. The van der Waals surface area contributed by atoms with Gasteiger partial charge in [0.2, 0.25) is 0 Å². The molecule has 22 heavy (non-hydrogen) atoms. The molecule has 118 valence electrons. The number of aryl methyl sites for hydroxylation is 2. The van der Waals surface area contributed by atoms with Gasteiger partial charge in [0.25, 0.3) is 5.91 Å². The van der Waals surface area contributed by atoms with E-state index in [9.17, 15) is 4.79 Å². The quantitative estimate of drug-likeness (QED) is 0.856. The van der Waals surface area contributed by atoms with Gasteiger partial charge in [-0.2, -0.15) is 0 Å². The van der Waals surface area contributed by atoms with Gasteiger partial charge in [0.15, 0.2) is 5.13 Å². The minimum Gasteiger partial charge on any atom is -0.362 e. The summed E-state index contributed by atoms with van der Waals surface area (Å²) in [5.41, 5.74) is 2.75. The fourth-order valence-electron chi connectivity index (χ4n) is 2.13. The largest absolute Gasteiger partial charge is 0.362 e. The van der Waals surface area contributed by atoms with Gasteiger partial charge in [-0.05, 0) is 38.8 Å². The molecular formula is C16H22N4OS. The van der Waals surface area contributed by atoms with Gasteiger partial charge in [-0.15, -0.1) is 0 Å². The normalized spacial score (nSPS) is 12.0. The lowest BCUT2D eigenvalue weighted by molar-refractivity contribution is 0.0938. The summed E-state index contributed by atoms with van der Waals surface area (Å²) in [4.78, 5) is 21.9. The fraction of sp³-hybridized carbons (Fsp3) is 0.438. The standard InChI is InChI=1S/C16H22N4OS/c1-5-12(13-8-7-10(3)9-18-13)20-15(21)14-11(4)19-16(22-14)17-6-2/h7-9,12H,5-6H2,1-4H3,(H,17,19)(H,20,21)/t12-/m0/s1. The van der Waals surface area contributed by atoms with Crippen molar-refractivity contribution in [3.8, 4) is 0 Å². The van der Waals surface area contributed by atoms with Gasteiger partial charge >= 0.3 is 0 Å². The van der Waals surface area contributed by atoms with Gasteiger partial charge in [-0.3, -0.25) is 9.78 Å². The molecule has 2 N–H and O–H groups in total. The number of carbonyl (C=O) groups excluding carboxylic acids is 1.